The topological polar surface area (TPSA) is 96.0 Å². The van der Waals surface area contributed by atoms with Crippen molar-refractivity contribution >= 4 is 23.9 Å². The molecular weight excluding hydrogens is 556 g/mol. The third-order valence-electron chi connectivity index (χ3n) is 9.88. The molecule has 0 aromatic heterocycles. The van der Waals surface area contributed by atoms with Crippen molar-refractivity contribution in [2.24, 2.45) is 11.8 Å². The van der Waals surface area contributed by atoms with E-state index in [0.717, 1.165) is 30.4 Å². The molecule has 44 heavy (non-hydrogen) atoms. The van der Waals surface area contributed by atoms with Crippen LogP contribution in [0.2, 0.25) is 0 Å². The molecule has 0 spiro atoms. The second kappa shape index (κ2) is 17.8. The van der Waals surface area contributed by atoms with E-state index in [1.54, 1.807) is 0 Å². The summed E-state index contributed by atoms with van der Waals surface area (Å²) in [5.74, 6) is -5.24. The van der Waals surface area contributed by atoms with Crippen LogP contribution in [0.3, 0.4) is 0 Å². The Balaban J connectivity index is 1.15. The number of carbonyl (C=O) groups excluding carboxylic acids is 4. The summed E-state index contributed by atoms with van der Waals surface area (Å²) in [5, 5.41) is 0. The van der Waals surface area contributed by atoms with Crippen molar-refractivity contribution in [3.05, 3.63) is 34.9 Å². The maximum atomic E-state index is 12.9. The van der Waals surface area contributed by atoms with Gasteiger partial charge in [0.2, 0.25) is 0 Å². The number of carbonyl (C=O) groups is 4. The van der Waals surface area contributed by atoms with Gasteiger partial charge in [0.15, 0.2) is 0 Å². The molecule has 2 aliphatic heterocycles. The van der Waals surface area contributed by atoms with Crippen molar-refractivity contribution < 1.29 is 33.4 Å². The molecule has 1 aromatic rings. The van der Waals surface area contributed by atoms with E-state index in [0.29, 0.717) is 12.2 Å². The molecule has 4 rings (SSSR count). The second-order valence-corrected chi connectivity index (χ2v) is 13.4. The lowest BCUT2D eigenvalue weighted by Crippen LogP contribution is -2.45. The van der Waals surface area contributed by atoms with Gasteiger partial charge in [-0.15, -0.1) is 0 Å². The van der Waals surface area contributed by atoms with E-state index in [1.165, 1.54) is 96.3 Å². The van der Waals surface area contributed by atoms with Crippen molar-refractivity contribution in [2.75, 3.05) is 6.61 Å². The van der Waals surface area contributed by atoms with Gasteiger partial charge in [-0.25, -0.2) is 0 Å². The Morgan fingerprint density at radius 2 is 1.18 bits per heavy atom. The van der Waals surface area contributed by atoms with Crippen LogP contribution in [-0.4, -0.2) is 36.6 Å². The van der Waals surface area contributed by atoms with Crippen molar-refractivity contribution in [3.8, 4) is 0 Å². The Kier molecular flexibility index (Phi) is 13.9. The Hall–Kier alpha value is -2.54. The third-order valence-corrected chi connectivity index (χ3v) is 9.88. The minimum atomic E-state index is -0.833. The van der Waals surface area contributed by atoms with Crippen LogP contribution < -0.4 is 0 Å². The highest BCUT2D eigenvalue weighted by atomic mass is 16.6. The van der Waals surface area contributed by atoms with E-state index in [4.69, 9.17) is 14.2 Å². The summed E-state index contributed by atoms with van der Waals surface area (Å²) >= 11 is 0. The van der Waals surface area contributed by atoms with Crippen molar-refractivity contribution in [1.29, 1.82) is 0 Å². The van der Waals surface area contributed by atoms with Crippen molar-refractivity contribution in [2.45, 2.75) is 154 Å². The number of hydrogen-bond acceptors (Lipinski definition) is 7. The first-order chi connectivity index (χ1) is 21.4. The number of esters is 4. The number of aryl methyl sites for hydroxylation is 1. The predicted molar refractivity (Wildman–Crippen MR) is 169 cm³/mol. The van der Waals surface area contributed by atoms with Gasteiger partial charge in [0.25, 0.3) is 0 Å². The number of ether oxygens (including phenoxy) is 3. The molecule has 244 valence electrons. The summed E-state index contributed by atoms with van der Waals surface area (Å²) < 4.78 is 16.4. The maximum absolute atomic E-state index is 12.9. The summed E-state index contributed by atoms with van der Waals surface area (Å²) in [6.45, 7) is 4.61. The van der Waals surface area contributed by atoms with Gasteiger partial charge >= 0.3 is 23.9 Å². The molecular formula is C37H54O7. The first-order valence-electron chi connectivity index (χ1n) is 17.6. The molecule has 2 saturated heterocycles. The van der Waals surface area contributed by atoms with Crippen LogP contribution >= 0.6 is 0 Å². The molecule has 0 radical (unpaired) electrons. The molecule has 1 aliphatic carbocycles. The van der Waals surface area contributed by atoms with Crippen LogP contribution in [0.5, 0.6) is 0 Å². The average Bonchev–Trinajstić information content (AvgIpc) is 3.49. The maximum Gasteiger partial charge on any atom is 0.322 e. The number of benzene rings is 1. The lowest BCUT2D eigenvalue weighted by Gasteiger charge is -2.40. The zero-order chi connectivity index (χ0) is 31.3. The van der Waals surface area contributed by atoms with Crippen LogP contribution in [0.1, 0.15) is 157 Å². The second-order valence-electron chi connectivity index (χ2n) is 13.4. The highest BCUT2D eigenvalue weighted by Gasteiger charge is 2.59. The molecule has 2 heterocycles. The van der Waals surface area contributed by atoms with E-state index < -0.39 is 53.7 Å². The molecule has 0 amide bonds. The molecule has 0 N–H and O–H groups in total. The molecule has 5 atom stereocenters. The van der Waals surface area contributed by atoms with Crippen molar-refractivity contribution in [3.63, 3.8) is 0 Å². The van der Waals surface area contributed by atoms with Crippen LogP contribution in [0, 0.1) is 18.8 Å². The highest BCUT2D eigenvalue weighted by molar-refractivity contribution is 6.01. The fraction of sp³-hybridized carbons (Fsp3) is 0.730. The van der Waals surface area contributed by atoms with Gasteiger partial charge in [-0.1, -0.05) is 140 Å². The predicted octanol–water partition coefficient (Wildman–Crippen LogP) is 8.39. The largest absolute Gasteiger partial charge is 0.393 e. The Morgan fingerprint density at radius 3 is 1.70 bits per heavy atom. The van der Waals surface area contributed by atoms with E-state index in [2.05, 4.69) is 6.92 Å². The minimum Gasteiger partial charge on any atom is -0.393 e. The first kappa shape index (κ1) is 34.3. The molecule has 0 saturated carbocycles. The number of rotatable bonds is 21. The Bertz CT molecular complexity index is 1110. The van der Waals surface area contributed by atoms with E-state index in [-0.39, 0.29) is 6.42 Å². The monoisotopic (exact) mass is 610 g/mol. The zero-order valence-corrected chi connectivity index (χ0v) is 27.1. The van der Waals surface area contributed by atoms with Gasteiger partial charge in [0, 0.05) is 12.5 Å². The number of fused-ring (bicyclic) bond motifs is 3. The van der Waals surface area contributed by atoms with Crippen LogP contribution in [0.4, 0.5) is 0 Å². The highest BCUT2D eigenvalue weighted by Crippen LogP contribution is 2.52. The number of cyclic esters (lactones) is 4. The normalized spacial score (nSPS) is 24.4. The zero-order valence-electron chi connectivity index (χ0n) is 27.1. The molecule has 0 bridgehead atoms. The first-order valence-corrected chi connectivity index (χ1v) is 17.6. The van der Waals surface area contributed by atoms with Crippen LogP contribution in [0.25, 0.3) is 0 Å². The van der Waals surface area contributed by atoms with E-state index >= 15 is 0 Å². The summed E-state index contributed by atoms with van der Waals surface area (Å²) in [6.07, 6.45) is 22.5. The standard InChI is InChI=1S/C37H54O7/c1-3-4-5-6-7-8-9-10-11-12-13-14-15-16-17-18-19-20-23-42-34-31(29-25-30(38)43-35(29)39)27-22-21-26(2)24-28(27)32-33(34)37(41)44-36(32)40/h21-22,24,29,31-34H,3-20,23,25H2,1-2H3. The minimum absolute atomic E-state index is 0.0593. The smallest absolute Gasteiger partial charge is 0.322 e. The fourth-order valence-electron chi connectivity index (χ4n) is 7.47. The summed E-state index contributed by atoms with van der Waals surface area (Å²) in [4.78, 5) is 50.5. The van der Waals surface area contributed by atoms with Gasteiger partial charge in [-0.3, -0.25) is 19.2 Å². The molecule has 3 aliphatic rings. The van der Waals surface area contributed by atoms with Gasteiger partial charge in [-0.05, 0) is 24.5 Å². The third kappa shape index (κ3) is 9.24. The van der Waals surface area contributed by atoms with Gasteiger partial charge < -0.3 is 14.2 Å². The number of hydrogen-bond donors (Lipinski definition) is 0. The molecule has 5 unspecified atom stereocenters. The quantitative estimate of drug-likeness (QED) is 0.0783. The summed E-state index contributed by atoms with van der Waals surface area (Å²) in [7, 11) is 0. The SMILES string of the molecule is CCCCCCCCCCCCCCCCCCCCOC1C2C(=O)OC(=O)C2c2cc(C)ccc2C1C1CC(=O)OC1=O. The van der Waals surface area contributed by atoms with Gasteiger partial charge in [0.05, 0.1) is 24.4 Å². The lowest BCUT2D eigenvalue weighted by molar-refractivity contribution is -0.158. The Labute approximate surface area is 264 Å². The van der Waals surface area contributed by atoms with Gasteiger partial charge in [-0.2, -0.15) is 0 Å². The fourth-order valence-corrected chi connectivity index (χ4v) is 7.47. The van der Waals surface area contributed by atoms with Gasteiger partial charge in [0.1, 0.15) is 5.92 Å². The van der Waals surface area contributed by atoms with E-state index in [9.17, 15) is 19.2 Å². The molecule has 2 fully saturated rings. The molecule has 7 heteroatoms. The van der Waals surface area contributed by atoms with E-state index in [1.807, 2.05) is 25.1 Å². The summed E-state index contributed by atoms with van der Waals surface area (Å²) in [6, 6.07) is 5.70. The average molecular weight is 611 g/mol. The summed E-state index contributed by atoms with van der Waals surface area (Å²) in [5.41, 5.74) is 2.40. The Morgan fingerprint density at radius 1 is 0.636 bits per heavy atom. The molecule has 1 aromatic carbocycles. The lowest BCUT2D eigenvalue weighted by atomic mass is 9.65. The molecule has 7 nitrogen and oxygen atoms in total. The van der Waals surface area contributed by atoms with Crippen LogP contribution in [-0.2, 0) is 33.4 Å². The number of unbranched alkanes of at least 4 members (excludes halogenated alkanes) is 17. The van der Waals surface area contributed by atoms with Crippen LogP contribution in [0.15, 0.2) is 18.2 Å². The van der Waals surface area contributed by atoms with Crippen molar-refractivity contribution in [1.82, 2.24) is 0 Å².